The van der Waals surface area contributed by atoms with Crippen molar-refractivity contribution >= 4 is 17.5 Å². The number of nitrogens with zero attached hydrogens (tertiary/aromatic N) is 1. The molecule has 5 N–H and O–H groups in total. The minimum Gasteiger partial charge on any atom is -0.494 e. The third kappa shape index (κ3) is 3.19. The molecule has 1 aromatic carbocycles. The zero-order valence-corrected chi connectivity index (χ0v) is 11.4. The predicted octanol–water partition coefficient (Wildman–Crippen LogP) is 1.32. The van der Waals surface area contributed by atoms with Crippen LogP contribution in [0.1, 0.15) is 15.9 Å². The maximum Gasteiger partial charge on any atom is 0.255 e. The van der Waals surface area contributed by atoms with E-state index in [1.165, 1.54) is 25.3 Å². The number of carbonyl (C=O) groups excluding carboxylic acids is 1. The van der Waals surface area contributed by atoms with Gasteiger partial charge in [-0.25, -0.2) is 9.37 Å². The van der Waals surface area contributed by atoms with E-state index < -0.39 is 11.7 Å². The van der Waals surface area contributed by atoms with Crippen LogP contribution in [-0.4, -0.2) is 18.0 Å². The van der Waals surface area contributed by atoms with E-state index in [0.29, 0.717) is 5.56 Å². The number of nitrogens with one attached hydrogen (secondary N) is 1. The normalized spacial score (nSPS) is 10.2. The smallest absolute Gasteiger partial charge is 0.255 e. The van der Waals surface area contributed by atoms with Crippen molar-refractivity contribution < 1.29 is 13.9 Å². The molecule has 0 atom stereocenters. The van der Waals surface area contributed by atoms with Gasteiger partial charge in [0.15, 0.2) is 11.6 Å². The number of benzene rings is 1. The molecule has 110 valence electrons. The first-order chi connectivity index (χ1) is 10.0. The summed E-state index contributed by atoms with van der Waals surface area (Å²) in [5, 5.41) is 2.57. The molecule has 0 unspecified atom stereocenters. The molecule has 0 bridgehead atoms. The molecule has 0 aliphatic heterocycles. The van der Waals surface area contributed by atoms with Crippen molar-refractivity contribution in [2.45, 2.75) is 6.54 Å². The van der Waals surface area contributed by atoms with Crippen molar-refractivity contribution in [1.82, 2.24) is 10.3 Å². The lowest BCUT2D eigenvalue weighted by molar-refractivity contribution is 0.0951. The van der Waals surface area contributed by atoms with Crippen LogP contribution >= 0.6 is 0 Å². The Balaban J connectivity index is 2.11. The standard InChI is InChI=1S/C14H15FN4O2/c1-21-10-4-2-3-8(12(10)15)7-18-14(20)9-5-6-11(16)19-13(9)17/h2-6H,7H2,1H3,(H,18,20)(H4,16,17,19). The number of nitrogens with two attached hydrogens (primary N) is 2. The number of aromatic nitrogens is 1. The van der Waals surface area contributed by atoms with Crippen molar-refractivity contribution in [2.24, 2.45) is 0 Å². The SMILES string of the molecule is COc1cccc(CNC(=O)c2ccc(N)nc2N)c1F. The van der Waals surface area contributed by atoms with E-state index in [2.05, 4.69) is 10.3 Å². The average Bonchev–Trinajstić information content (AvgIpc) is 2.46. The summed E-state index contributed by atoms with van der Waals surface area (Å²) in [6.45, 7) is 0.00564. The van der Waals surface area contributed by atoms with E-state index in [9.17, 15) is 9.18 Å². The summed E-state index contributed by atoms with van der Waals surface area (Å²) >= 11 is 0. The van der Waals surface area contributed by atoms with Gasteiger partial charge in [0.05, 0.1) is 12.7 Å². The molecular formula is C14H15FN4O2. The van der Waals surface area contributed by atoms with Gasteiger partial charge in [-0.1, -0.05) is 12.1 Å². The van der Waals surface area contributed by atoms with Gasteiger partial charge < -0.3 is 21.5 Å². The molecular weight excluding hydrogens is 275 g/mol. The molecule has 0 spiro atoms. The molecule has 0 aliphatic carbocycles. The Morgan fingerprint density at radius 3 is 2.76 bits per heavy atom. The number of halogens is 1. The lowest BCUT2D eigenvalue weighted by Gasteiger charge is -2.10. The van der Waals surface area contributed by atoms with Crippen LogP contribution in [0.15, 0.2) is 30.3 Å². The second-order valence-corrected chi connectivity index (χ2v) is 4.28. The zero-order chi connectivity index (χ0) is 15.4. The minimum absolute atomic E-state index is 0.00564. The molecule has 2 rings (SSSR count). The quantitative estimate of drug-likeness (QED) is 0.788. The number of anilines is 2. The van der Waals surface area contributed by atoms with Crippen molar-refractivity contribution in [3.8, 4) is 5.75 Å². The van der Waals surface area contributed by atoms with Gasteiger partial charge in [0.2, 0.25) is 0 Å². The highest BCUT2D eigenvalue weighted by molar-refractivity contribution is 5.98. The Kier molecular flexibility index (Phi) is 4.22. The molecule has 1 amide bonds. The van der Waals surface area contributed by atoms with E-state index in [1.54, 1.807) is 12.1 Å². The summed E-state index contributed by atoms with van der Waals surface area (Å²) in [6, 6.07) is 7.64. The minimum atomic E-state index is -0.510. The van der Waals surface area contributed by atoms with Crippen LogP contribution in [0.25, 0.3) is 0 Å². The molecule has 2 aromatic rings. The highest BCUT2D eigenvalue weighted by Crippen LogP contribution is 2.20. The number of carbonyl (C=O) groups is 1. The maximum absolute atomic E-state index is 13.9. The second kappa shape index (κ2) is 6.08. The molecule has 1 heterocycles. The van der Waals surface area contributed by atoms with E-state index in [0.717, 1.165) is 0 Å². The van der Waals surface area contributed by atoms with Crippen LogP contribution in [-0.2, 0) is 6.54 Å². The van der Waals surface area contributed by atoms with Crippen molar-refractivity contribution in [3.05, 3.63) is 47.3 Å². The van der Waals surface area contributed by atoms with Gasteiger partial charge in [0, 0.05) is 12.1 Å². The number of nitrogen functional groups attached to an aromatic ring is 2. The zero-order valence-electron chi connectivity index (χ0n) is 11.4. The number of amides is 1. The van der Waals surface area contributed by atoms with Crippen LogP contribution in [0.5, 0.6) is 5.75 Å². The number of pyridine rings is 1. The van der Waals surface area contributed by atoms with E-state index in [1.807, 2.05) is 0 Å². The summed E-state index contributed by atoms with van der Waals surface area (Å²) in [7, 11) is 1.38. The Morgan fingerprint density at radius 2 is 2.10 bits per heavy atom. The third-order valence-electron chi connectivity index (χ3n) is 2.89. The van der Waals surface area contributed by atoms with Crippen molar-refractivity contribution in [3.63, 3.8) is 0 Å². The Hall–Kier alpha value is -2.83. The van der Waals surface area contributed by atoms with E-state index in [-0.39, 0.29) is 29.5 Å². The highest BCUT2D eigenvalue weighted by Gasteiger charge is 2.13. The Morgan fingerprint density at radius 1 is 1.33 bits per heavy atom. The third-order valence-corrected chi connectivity index (χ3v) is 2.89. The van der Waals surface area contributed by atoms with Gasteiger partial charge in [-0.3, -0.25) is 4.79 Å². The molecule has 0 fully saturated rings. The van der Waals surface area contributed by atoms with Gasteiger partial charge in [-0.05, 0) is 18.2 Å². The Labute approximate surface area is 120 Å². The molecule has 21 heavy (non-hydrogen) atoms. The number of hydrogen-bond acceptors (Lipinski definition) is 5. The molecule has 7 heteroatoms. The monoisotopic (exact) mass is 290 g/mol. The van der Waals surface area contributed by atoms with Crippen LogP contribution in [0, 0.1) is 5.82 Å². The Bertz CT molecular complexity index is 676. The lowest BCUT2D eigenvalue weighted by atomic mass is 10.2. The molecule has 0 aliphatic rings. The van der Waals surface area contributed by atoms with Crippen LogP contribution in [0.2, 0.25) is 0 Å². The summed E-state index contributed by atoms with van der Waals surface area (Å²) in [5.41, 5.74) is 11.6. The summed E-state index contributed by atoms with van der Waals surface area (Å²) in [5.74, 6) is -0.595. The van der Waals surface area contributed by atoms with Crippen LogP contribution in [0.4, 0.5) is 16.0 Å². The van der Waals surface area contributed by atoms with Gasteiger partial charge in [-0.15, -0.1) is 0 Å². The first kappa shape index (κ1) is 14.6. The maximum atomic E-state index is 13.9. The number of rotatable bonds is 4. The van der Waals surface area contributed by atoms with Crippen LogP contribution < -0.4 is 21.5 Å². The fourth-order valence-corrected chi connectivity index (χ4v) is 1.80. The first-order valence-electron chi connectivity index (χ1n) is 6.14. The topological polar surface area (TPSA) is 103 Å². The number of ether oxygens (including phenoxy) is 1. The fraction of sp³-hybridized carbons (Fsp3) is 0.143. The van der Waals surface area contributed by atoms with Crippen molar-refractivity contribution in [1.29, 1.82) is 0 Å². The van der Waals surface area contributed by atoms with Gasteiger partial charge >= 0.3 is 0 Å². The largest absolute Gasteiger partial charge is 0.494 e. The van der Waals surface area contributed by atoms with Crippen LogP contribution in [0.3, 0.4) is 0 Å². The highest BCUT2D eigenvalue weighted by atomic mass is 19.1. The summed E-state index contributed by atoms with van der Waals surface area (Å²) in [4.78, 5) is 15.8. The summed E-state index contributed by atoms with van der Waals surface area (Å²) < 4.78 is 18.8. The van der Waals surface area contributed by atoms with Gasteiger partial charge in [0.25, 0.3) is 5.91 Å². The average molecular weight is 290 g/mol. The molecule has 6 nitrogen and oxygen atoms in total. The van der Waals surface area contributed by atoms with Crippen molar-refractivity contribution in [2.75, 3.05) is 18.6 Å². The predicted molar refractivity (Wildman–Crippen MR) is 77.2 cm³/mol. The van der Waals surface area contributed by atoms with Gasteiger partial charge in [0.1, 0.15) is 11.6 Å². The molecule has 0 saturated heterocycles. The van der Waals surface area contributed by atoms with Gasteiger partial charge in [-0.2, -0.15) is 0 Å². The first-order valence-corrected chi connectivity index (χ1v) is 6.14. The molecule has 1 aromatic heterocycles. The molecule has 0 saturated carbocycles. The van der Waals surface area contributed by atoms with E-state index in [4.69, 9.17) is 16.2 Å². The number of methoxy groups -OCH3 is 1. The number of hydrogen-bond donors (Lipinski definition) is 3. The lowest BCUT2D eigenvalue weighted by Crippen LogP contribution is -2.24. The van der Waals surface area contributed by atoms with E-state index >= 15 is 0 Å². The summed E-state index contributed by atoms with van der Waals surface area (Å²) in [6.07, 6.45) is 0. The second-order valence-electron chi connectivity index (χ2n) is 4.28. The molecule has 0 radical (unpaired) electrons. The fourth-order valence-electron chi connectivity index (χ4n) is 1.80.